The highest BCUT2D eigenvalue weighted by Crippen LogP contribution is 2.18. The van der Waals surface area contributed by atoms with Gasteiger partial charge in [-0.05, 0) is 20.0 Å². The minimum Gasteiger partial charge on any atom is -0.370 e. The molecule has 4 nitrogen and oxygen atoms in total. The molecule has 0 atom stereocenters. The van der Waals surface area contributed by atoms with E-state index >= 15 is 0 Å². The van der Waals surface area contributed by atoms with E-state index in [2.05, 4.69) is 46.2 Å². The Balaban J connectivity index is 2.05. The van der Waals surface area contributed by atoms with Crippen LogP contribution in [0.15, 0.2) is 18.3 Å². The molecule has 1 fully saturated rings. The molecule has 0 saturated carbocycles. The quantitative estimate of drug-likeness (QED) is 0.831. The van der Waals surface area contributed by atoms with Crippen molar-refractivity contribution in [2.24, 2.45) is 0 Å². The summed E-state index contributed by atoms with van der Waals surface area (Å²) in [6, 6.07) is 4.22. The largest absolute Gasteiger partial charge is 0.370 e. The van der Waals surface area contributed by atoms with Crippen molar-refractivity contribution < 1.29 is 0 Å². The standard InChI is InChI=1S/C12H20N4/c1-3-13-12-10-11(4-5-14-12)16-8-6-15(2)7-9-16/h4-5,10H,3,6-9H2,1-2H3,(H,13,14). The van der Waals surface area contributed by atoms with Gasteiger partial charge in [-0.3, -0.25) is 0 Å². The predicted octanol–water partition coefficient (Wildman–Crippen LogP) is 1.27. The van der Waals surface area contributed by atoms with Crippen LogP contribution in [0.1, 0.15) is 6.92 Å². The molecule has 0 amide bonds. The molecule has 2 rings (SSSR count). The summed E-state index contributed by atoms with van der Waals surface area (Å²) in [5.74, 6) is 0.971. The Kier molecular flexibility index (Phi) is 3.62. The smallest absolute Gasteiger partial charge is 0.127 e. The first-order valence-electron chi connectivity index (χ1n) is 5.93. The molecule has 1 aliphatic rings. The van der Waals surface area contributed by atoms with Crippen LogP contribution in [0.25, 0.3) is 0 Å². The number of nitrogens with one attached hydrogen (secondary N) is 1. The molecule has 4 heteroatoms. The molecule has 1 aliphatic heterocycles. The minimum atomic E-state index is 0.916. The van der Waals surface area contributed by atoms with E-state index in [1.807, 2.05) is 6.20 Å². The van der Waals surface area contributed by atoms with Gasteiger partial charge in [-0.1, -0.05) is 0 Å². The fourth-order valence-corrected chi connectivity index (χ4v) is 1.96. The van der Waals surface area contributed by atoms with E-state index in [1.165, 1.54) is 5.69 Å². The van der Waals surface area contributed by atoms with Crippen molar-refractivity contribution >= 4 is 11.5 Å². The second kappa shape index (κ2) is 5.16. The summed E-state index contributed by atoms with van der Waals surface area (Å²) < 4.78 is 0. The second-order valence-corrected chi connectivity index (χ2v) is 4.22. The van der Waals surface area contributed by atoms with Gasteiger partial charge in [0.25, 0.3) is 0 Å². The lowest BCUT2D eigenvalue weighted by Crippen LogP contribution is -2.44. The summed E-state index contributed by atoms with van der Waals surface area (Å²) in [6.07, 6.45) is 1.88. The molecule has 0 aromatic carbocycles. The lowest BCUT2D eigenvalue weighted by atomic mass is 10.2. The van der Waals surface area contributed by atoms with Gasteiger partial charge in [0.05, 0.1) is 0 Å². The monoisotopic (exact) mass is 220 g/mol. The maximum Gasteiger partial charge on any atom is 0.127 e. The average molecular weight is 220 g/mol. The Labute approximate surface area is 97.3 Å². The van der Waals surface area contributed by atoms with Crippen LogP contribution in [0, 0.1) is 0 Å². The summed E-state index contributed by atoms with van der Waals surface area (Å²) >= 11 is 0. The Bertz CT molecular complexity index is 332. The normalized spacial score (nSPS) is 17.5. The molecule has 0 unspecified atom stereocenters. The number of rotatable bonds is 3. The Morgan fingerprint density at radius 1 is 1.31 bits per heavy atom. The lowest BCUT2D eigenvalue weighted by Gasteiger charge is -2.34. The lowest BCUT2D eigenvalue weighted by molar-refractivity contribution is 0.313. The highest BCUT2D eigenvalue weighted by Gasteiger charge is 2.14. The predicted molar refractivity (Wildman–Crippen MR) is 68.1 cm³/mol. The molecule has 88 valence electrons. The van der Waals surface area contributed by atoms with E-state index in [9.17, 15) is 0 Å². The van der Waals surface area contributed by atoms with Crippen LogP contribution in [0.4, 0.5) is 11.5 Å². The molecule has 1 aromatic heterocycles. The van der Waals surface area contributed by atoms with Crippen LogP contribution in [-0.4, -0.2) is 49.7 Å². The first-order chi connectivity index (χ1) is 7.79. The van der Waals surface area contributed by atoms with Crippen LogP contribution in [0.2, 0.25) is 0 Å². The number of nitrogens with zero attached hydrogens (tertiary/aromatic N) is 3. The van der Waals surface area contributed by atoms with Gasteiger partial charge in [0.2, 0.25) is 0 Å². The number of hydrogen-bond acceptors (Lipinski definition) is 4. The first-order valence-corrected chi connectivity index (χ1v) is 5.93. The van der Waals surface area contributed by atoms with Gasteiger partial charge in [0, 0.05) is 50.7 Å². The van der Waals surface area contributed by atoms with Gasteiger partial charge in [0.1, 0.15) is 5.82 Å². The summed E-state index contributed by atoms with van der Waals surface area (Å²) in [4.78, 5) is 9.07. The summed E-state index contributed by atoms with van der Waals surface area (Å²) in [5, 5.41) is 3.25. The van der Waals surface area contributed by atoms with E-state index < -0.39 is 0 Å². The van der Waals surface area contributed by atoms with Crippen LogP contribution in [-0.2, 0) is 0 Å². The fourth-order valence-electron chi connectivity index (χ4n) is 1.96. The molecule has 1 aromatic rings. The van der Waals surface area contributed by atoms with Gasteiger partial charge in [0.15, 0.2) is 0 Å². The SMILES string of the molecule is CCNc1cc(N2CCN(C)CC2)ccn1. The van der Waals surface area contributed by atoms with Crippen molar-refractivity contribution in [2.75, 3.05) is 50.0 Å². The van der Waals surface area contributed by atoms with Crippen molar-refractivity contribution in [3.05, 3.63) is 18.3 Å². The Morgan fingerprint density at radius 3 is 2.75 bits per heavy atom. The van der Waals surface area contributed by atoms with Gasteiger partial charge in [-0.25, -0.2) is 4.98 Å². The second-order valence-electron chi connectivity index (χ2n) is 4.22. The third-order valence-electron chi connectivity index (χ3n) is 2.97. The number of hydrogen-bond donors (Lipinski definition) is 1. The number of aromatic nitrogens is 1. The van der Waals surface area contributed by atoms with E-state index in [0.29, 0.717) is 0 Å². The highest BCUT2D eigenvalue weighted by atomic mass is 15.2. The van der Waals surface area contributed by atoms with Gasteiger partial charge < -0.3 is 15.1 Å². The highest BCUT2D eigenvalue weighted by molar-refractivity contribution is 5.54. The van der Waals surface area contributed by atoms with Crippen molar-refractivity contribution in [1.29, 1.82) is 0 Å². The van der Waals surface area contributed by atoms with Crippen LogP contribution >= 0.6 is 0 Å². The molecular weight excluding hydrogens is 200 g/mol. The number of anilines is 2. The van der Waals surface area contributed by atoms with Crippen molar-refractivity contribution in [3.8, 4) is 0 Å². The van der Waals surface area contributed by atoms with Crippen molar-refractivity contribution in [3.63, 3.8) is 0 Å². The molecule has 16 heavy (non-hydrogen) atoms. The van der Waals surface area contributed by atoms with E-state index in [4.69, 9.17) is 0 Å². The third kappa shape index (κ3) is 2.64. The molecule has 0 aliphatic carbocycles. The maximum atomic E-state index is 4.29. The van der Waals surface area contributed by atoms with Crippen LogP contribution in [0.5, 0.6) is 0 Å². The Morgan fingerprint density at radius 2 is 2.06 bits per heavy atom. The number of pyridine rings is 1. The van der Waals surface area contributed by atoms with Gasteiger partial charge in [-0.15, -0.1) is 0 Å². The maximum absolute atomic E-state index is 4.29. The molecular formula is C12H20N4. The Hall–Kier alpha value is -1.29. The third-order valence-corrected chi connectivity index (χ3v) is 2.97. The van der Waals surface area contributed by atoms with Gasteiger partial charge in [-0.2, -0.15) is 0 Å². The zero-order valence-electron chi connectivity index (χ0n) is 10.1. The molecule has 0 spiro atoms. The van der Waals surface area contributed by atoms with E-state index in [-0.39, 0.29) is 0 Å². The van der Waals surface area contributed by atoms with E-state index in [1.54, 1.807) is 0 Å². The summed E-state index contributed by atoms with van der Waals surface area (Å²) in [7, 11) is 2.17. The van der Waals surface area contributed by atoms with Crippen molar-refractivity contribution in [1.82, 2.24) is 9.88 Å². The summed E-state index contributed by atoms with van der Waals surface area (Å²) in [5.41, 5.74) is 1.28. The topological polar surface area (TPSA) is 31.4 Å². The average Bonchev–Trinajstić information content (AvgIpc) is 2.31. The summed E-state index contributed by atoms with van der Waals surface area (Å²) in [6.45, 7) is 7.49. The molecule has 0 bridgehead atoms. The first kappa shape index (κ1) is 11.2. The van der Waals surface area contributed by atoms with Crippen molar-refractivity contribution in [2.45, 2.75) is 6.92 Å². The fraction of sp³-hybridized carbons (Fsp3) is 0.583. The minimum absolute atomic E-state index is 0.916. The zero-order valence-corrected chi connectivity index (χ0v) is 10.1. The van der Waals surface area contributed by atoms with Crippen LogP contribution < -0.4 is 10.2 Å². The molecule has 1 saturated heterocycles. The number of piperazine rings is 1. The van der Waals surface area contributed by atoms with Gasteiger partial charge >= 0.3 is 0 Å². The molecule has 1 N–H and O–H groups in total. The molecule has 2 heterocycles. The van der Waals surface area contributed by atoms with Crippen LogP contribution in [0.3, 0.4) is 0 Å². The number of likely N-dealkylation sites (N-methyl/N-ethyl adjacent to an activating group) is 1. The zero-order chi connectivity index (χ0) is 11.4. The van der Waals surface area contributed by atoms with E-state index in [0.717, 1.165) is 38.5 Å². The molecule has 0 radical (unpaired) electrons.